The molecule has 2 aromatic carbocycles. The van der Waals surface area contributed by atoms with Gasteiger partial charge in [-0.3, -0.25) is 19.7 Å². The molecule has 8 nitrogen and oxygen atoms in total. The van der Waals surface area contributed by atoms with Crippen molar-refractivity contribution >= 4 is 17.6 Å². The predicted molar refractivity (Wildman–Crippen MR) is 106 cm³/mol. The van der Waals surface area contributed by atoms with E-state index in [4.69, 9.17) is 9.47 Å². The van der Waals surface area contributed by atoms with Crippen LogP contribution in [0.2, 0.25) is 0 Å². The molecule has 1 N–H and O–H groups in total. The van der Waals surface area contributed by atoms with E-state index in [1.54, 1.807) is 19.9 Å². The molecule has 2 rings (SSSR count). The maximum Gasteiger partial charge on any atom is 0.308 e. The summed E-state index contributed by atoms with van der Waals surface area (Å²) < 4.78 is 23.4. The monoisotopic (exact) mass is 418 g/mol. The highest BCUT2D eigenvalue weighted by Gasteiger charge is 2.26. The highest BCUT2D eigenvalue weighted by Crippen LogP contribution is 2.27. The van der Waals surface area contributed by atoms with E-state index in [0.29, 0.717) is 5.75 Å². The van der Waals surface area contributed by atoms with E-state index in [-0.39, 0.29) is 36.8 Å². The zero-order chi connectivity index (χ0) is 22.1. The highest BCUT2D eigenvalue weighted by atomic mass is 19.1. The standard InChI is InChI=1S/C21H23FN2O6/c1-14(2)30-21(26)13-18(17-5-3-4-6-19(17)24(27)28)23-20(25)11-12-29-16-9-7-15(22)8-10-16/h3-10,14,18H,11-13H2,1-2H3,(H,23,25). The molecule has 0 saturated heterocycles. The summed E-state index contributed by atoms with van der Waals surface area (Å²) in [5.41, 5.74) is -0.00119. The summed E-state index contributed by atoms with van der Waals surface area (Å²) in [4.78, 5) is 35.3. The van der Waals surface area contributed by atoms with Gasteiger partial charge in [-0.1, -0.05) is 18.2 Å². The molecule has 0 fully saturated rings. The van der Waals surface area contributed by atoms with Crippen LogP contribution in [-0.2, 0) is 14.3 Å². The largest absolute Gasteiger partial charge is 0.493 e. The van der Waals surface area contributed by atoms with E-state index in [0.717, 1.165) is 0 Å². The lowest BCUT2D eigenvalue weighted by Crippen LogP contribution is -2.32. The molecule has 0 aromatic heterocycles. The molecule has 0 aliphatic rings. The molecule has 0 aliphatic carbocycles. The molecule has 0 saturated carbocycles. The molecule has 30 heavy (non-hydrogen) atoms. The van der Waals surface area contributed by atoms with Crippen LogP contribution in [0, 0.1) is 15.9 Å². The van der Waals surface area contributed by atoms with Crippen molar-refractivity contribution < 1.29 is 28.4 Å². The van der Waals surface area contributed by atoms with Crippen LogP contribution in [0.15, 0.2) is 48.5 Å². The van der Waals surface area contributed by atoms with Gasteiger partial charge in [0.15, 0.2) is 0 Å². The third-order valence-corrected chi connectivity index (χ3v) is 3.99. The Bertz CT molecular complexity index is 885. The van der Waals surface area contributed by atoms with Crippen molar-refractivity contribution in [2.75, 3.05) is 6.61 Å². The van der Waals surface area contributed by atoms with Gasteiger partial charge in [0.05, 0.1) is 42.1 Å². The van der Waals surface area contributed by atoms with E-state index in [1.807, 2.05) is 0 Å². The lowest BCUT2D eigenvalue weighted by Gasteiger charge is -2.19. The van der Waals surface area contributed by atoms with Gasteiger partial charge in [0.2, 0.25) is 5.91 Å². The molecule has 1 atom stereocenters. The molecule has 1 amide bonds. The second-order valence-electron chi connectivity index (χ2n) is 6.73. The van der Waals surface area contributed by atoms with E-state index in [1.165, 1.54) is 42.5 Å². The van der Waals surface area contributed by atoms with E-state index in [9.17, 15) is 24.1 Å². The van der Waals surface area contributed by atoms with Gasteiger partial charge in [-0.15, -0.1) is 0 Å². The van der Waals surface area contributed by atoms with Gasteiger partial charge in [0.25, 0.3) is 5.69 Å². The maximum absolute atomic E-state index is 12.9. The van der Waals surface area contributed by atoms with Crippen LogP contribution >= 0.6 is 0 Å². The number of carbonyl (C=O) groups excluding carboxylic acids is 2. The normalized spacial score (nSPS) is 11.6. The Kier molecular flexibility index (Phi) is 8.28. The lowest BCUT2D eigenvalue weighted by atomic mass is 10.0. The second-order valence-corrected chi connectivity index (χ2v) is 6.73. The van der Waals surface area contributed by atoms with Crippen LogP contribution in [0.3, 0.4) is 0 Å². The molecule has 9 heteroatoms. The fraction of sp³-hybridized carbons (Fsp3) is 0.333. The lowest BCUT2D eigenvalue weighted by molar-refractivity contribution is -0.385. The summed E-state index contributed by atoms with van der Waals surface area (Å²) in [6.07, 6.45) is -0.676. The number of nitrogens with zero attached hydrogens (tertiary/aromatic N) is 1. The fourth-order valence-corrected chi connectivity index (χ4v) is 2.72. The zero-order valence-electron chi connectivity index (χ0n) is 16.7. The predicted octanol–water partition coefficient (Wildman–Crippen LogP) is 3.70. The number of hydrogen-bond donors (Lipinski definition) is 1. The number of nitro benzene ring substituents is 1. The minimum Gasteiger partial charge on any atom is -0.493 e. The number of nitrogens with one attached hydrogen (secondary N) is 1. The molecule has 0 heterocycles. The van der Waals surface area contributed by atoms with Gasteiger partial charge in [-0.05, 0) is 38.1 Å². The maximum atomic E-state index is 12.9. The highest BCUT2D eigenvalue weighted by molar-refractivity contribution is 5.78. The van der Waals surface area contributed by atoms with Crippen LogP contribution in [0.4, 0.5) is 10.1 Å². The number of esters is 1. The number of halogens is 1. The van der Waals surface area contributed by atoms with Crippen LogP contribution < -0.4 is 10.1 Å². The molecular weight excluding hydrogens is 395 g/mol. The molecule has 2 aromatic rings. The number of ether oxygens (including phenoxy) is 2. The smallest absolute Gasteiger partial charge is 0.308 e. The quantitative estimate of drug-likeness (QED) is 0.358. The van der Waals surface area contributed by atoms with Crippen LogP contribution in [0.25, 0.3) is 0 Å². The number of rotatable bonds is 10. The van der Waals surface area contributed by atoms with Gasteiger partial charge >= 0.3 is 5.97 Å². The summed E-state index contributed by atoms with van der Waals surface area (Å²) in [6, 6.07) is 10.3. The number of hydrogen-bond acceptors (Lipinski definition) is 6. The molecule has 160 valence electrons. The Morgan fingerprint density at radius 3 is 2.43 bits per heavy atom. The topological polar surface area (TPSA) is 108 Å². The first-order valence-corrected chi connectivity index (χ1v) is 9.36. The molecule has 0 radical (unpaired) electrons. The number of carbonyl (C=O) groups is 2. The second kappa shape index (κ2) is 10.9. The summed E-state index contributed by atoms with van der Waals surface area (Å²) in [5, 5.41) is 14.0. The third-order valence-electron chi connectivity index (χ3n) is 3.99. The van der Waals surface area contributed by atoms with Crippen molar-refractivity contribution in [3.05, 3.63) is 70.0 Å². The Labute approximate surface area is 173 Å². The number of benzene rings is 2. The van der Waals surface area contributed by atoms with Crippen LogP contribution in [-0.4, -0.2) is 29.5 Å². The average molecular weight is 418 g/mol. The van der Waals surface area contributed by atoms with Crippen LogP contribution in [0.1, 0.15) is 38.3 Å². The van der Waals surface area contributed by atoms with Crippen molar-refractivity contribution in [2.45, 2.75) is 38.8 Å². The first-order valence-electron chi connectivity index (χ1n) is 9.36. The molecular formula is C21H23FN2O6. The molecule has 0 spiro atoms. The SMILES string of the molecule is CC(C)OC(=O)CC(NC(=O)CCOc1ccc(F)cc1)c1ccccc1[N+](=O)[O-]. The zero-order valence-corrected chi connectivity index (χ0v) is 16.7. The van der Waals surface area contributed by atoms with Crippen molar-refractivity contribution in [3.63, 3.8) is 0 Å². The Morgan fingerprint density at radius 1 is 1.13 bits per heavy atom. The average Bonchev–Trinajstić information content (AvgIpc) is 2.68. The van der Waals surface area contributed by atoms with Crippen molar-refractivity contribution in [2.24, 2.45) is 0 Å². The third kappa shape index (κ3) is 7.16. The summed E-state index contributed by atoms with van der Waals surface area (Å²) >= 11 is 0. The first kappa shape index (κ1) is 22.8. The van der Waals surface area contributed by atoms with Gasteiger partial charge in [-0.2, -0.15) is 0 Å². The van der Waals surface area contributed by atoms with Gasteiger partial charge in [-0.25, -0.2) is 4.39 Å². The molecule has 0 aliphatic heterocycles. The van der Waals surface area contributed by atoms with Crippen molar-refractivity contribution in [3.8, 4) is 5.75 Å². The van der Waals surface area contributed by atoms with E-state index < -0.39 is 28.7 Å². The minimum atomic E-state index is -0.934. The van der Waals surface area contributed by atoms with E-state index in [2.05, 4.69) is 5.32 Å². The fourth-order valence-electron chi connectivity index (χ4n) is 2.72. The number of amides is 1. The van der Waals surface area contributed by atoms with Crippen molar-refractivity contribution in [1.82, 2.24) is 5.32 Å². The van der Waals surface area contributed by atoms with Crippen LogP contribution in [0.5, 0.6) is 5.75 Å². The number of para-hydroxylation sites is 1. The minimum absolute atomic E-state index is 0.0114. The van der Waals surface area contributed by atoms with Gasteiger partial charge in [0.1, 0.15) is 11.6 Å². The summed E-state index contributed by atoms with van der Waals surface area (Å²) in [5.74, 6) is -1.05. The van der Waals surface area contributed by atoms with Gasteiger partial charge in [0, 0.05) is 6.07 Å². The van der Waals surface area contributed by atoms with E-state index >= 15 is 0 Å². The Morgan fingerprint density at radius 2 is 1.80 bits per heavy atom. The number of nitro groups is 1. The summed E-state index contributed by atoms with van der Waals surface area (Å²) in [7, 11) is 0. The van der Waals surface area contributed by atoms with Crippen molar-refractivity contribution in [1.29, 1.82) is 0 Å². The molecule has 0 bridgehead atoms. The molecule has 1 unspecified atom stereocenters. The van der Waals surface area contributed by atoms with Gasteiger partial charge < -0.3 is 14.8 Å². The summed E-state index contributed by atoms with van der Waals surface area (Å²) in [6.45, 7) is 3.38. The first-order chi connectivity index (χ1) is 14.3. The Balaban J connectivity index is 2.06. The Hall–Kier alpha value is -3.49.